The first-order valence-corrected chi connectivity index (χ1v) is 11.9. The monoisotopic (exact) mass is 499 g/mol. The number of hydrogen-bond acceptors (Lipinski definition) is 10. The Morgan fingerprint density at radius 3 is 2.20 bits per heavy atom. The third kappa shape index (κ3) is 13.9. The molecule has 200 valence electrons. The Hall–Kier alpha value is -2.41. The van der Waals surface area contributed by atoms with Gasteiger partial charge in [-0.05, 0) is 26.7 Å². The van der Waals surface area contributed by atoms with Crippen molar-refractivity contribution in [2.75, 3.05) is 53.4 Å². The van der Waals surface area contributed by atoms with Crippen LogP contribution in [0.4, 0.5) is 0 Å². The lowest BCUT2D eigenvalue weighted by molar-refractivity contribution is -0.148. The quantitative estimate of drug-likeness (QED) is 0.168. The molecule has 0 aliphatic rings. The highest BCUT2D eigenvalue weighted by atomic mass is 16.6. The number of aromatic nitrogens is 3. The standard InChI is InChI=1S/C23H41N5O7/c1-17(2)18(3)24-19(4)22(29)25-20(5)23(30)35-16-21-15-28(27-26-21)7-8-32-11-12-34-14-13-33-10-9-31-6/h15,17,19-20H,7-14,16H2,1-6H3,(H,25,29)/t19-,20-/m0/s1. The molecule has 0 aromatic carbocycles. The molecule has 1 amide bonds. The molecule has 1 aromatic rings. The normalized spacial score (nSPS) is 13.6. The molecule has 0 radical (unpaired) electrons. The highest BCUT2D eigenvalue weighted by molar-refractivity contribution is 5.91. The van der Waals surface area contributed by atoms with Crippen LogP contribution in [-0.4, -0.2) is 98.0 Å². The number of carbonyl (C=O) groups excluding carboxylic acids is 2. The number of ether oxygens (including phenoxy) is 5. The van der Waals surface area contributed by atoms with Crippen molar-refractivity contribution in [1.82, 2.24) is 20.3 Å². The van der Waals surface area contributed by atoms with Crippen molar-refractivity contribution < 1.29 is 33.3 Å². The SMILES string of the molecule is COCCOCCOCCOCCn1cc(COC(=O)[C@H](C)NC(=O)[C@H](C)N=C(C)C(C)C)nn1. The molecule has 1 heterocycles. The Balaban J connectivity index is 2.20. The highest BCUT2D eigenvalue weighted by Gasteiger charge is 2.21. The van der Waals surface area contributed by atoms with Gasteiger partial charge in [0.2, 0.25) is 5.91 Å². The number of amides is 1. The van der Waals surface area contributed by atoms with Crippen LogP contribution in [0.3, 0.4) is 0 Å². The molecule has 12 heteroatoms. The van der Waals surface area contributed by atoms with E-state index in [0.717, 1.165) is 5.71 Å². The Morgan fingerprint density at radius 2 is 1.60 bits per heavy atom. The minimum atomic E-state index is -0.804. The first-order chi connectivity index (χ1) is 16.7. The average Bonchev–Trinajstić information content (AvgIpc) is 3.28. The van der Waals surface area contributed by atoms with Gasteiger partial charge in [0, 0.05) is 12.8 Å². The van der Waals surface area contributed by atoms with E-state index in [0.29, 0.717) is 58.5 Å². The summed E-state index contributed by atoms with van der Waals surface area (Å²) in [6, 6.07) is -1.39. The first-order valence-electron chi connectivity index (χ1n) is 11.9. The molecule has 12 nitrogen and oxygen atoms in total. The van der Waals surface area contributed by atoms with Gasteiger partial charge in [0.05, 0.1) is 59.0 Å². The summed E-state index contributed by atoms with van der Waals surface area (Å²) in [6.45, 7) is 13.1. The smallest absolute Gasteiger partial charge is 0.328 e. The molecular weight excluding hydrogens is 458 g/mol. The fraction of sp³-hybridized carbons (Fsp3) is 0.783. The summed E-state index contributed by atoms with van der Waals surface area (Å²) in [5.41, 5.74) is 1.38. The zero-order valence-corrected chi connectivity index (χ0v) is 21.8. The number of methoxy groups -OCH3 is 1. The number of rotatable bonds is 19. The van der Waals surface area contributed by atoms with Crippen molar-refractivity contribution in [3.8, 4) is 0 Å². The van der Waals surface area contributed by atoms with Gasteiger partial charge in [-0.1, -0.05) is 19.1 Å². The van der Waals surface area contributed by atoms with Crippen LogP contribution in [0.5, 0.6) is 0 Å². The molecule has 35 heavy (non-hydrogen) atoms. The predicted octanol–water partition coefficient (Wildman–Crippen LogP) is 1.03. The summed E-state index contributed by atoms with van der Waals surface area (Å²) in [7, 11) is 1.63. The van der Waals surface area contributed by atoms with Crippen LogP contribution >= 0.6 is 0 Å². The zero-order chi connectivity index (χ0) is 26.1. The molecule has 2 atom stereocenters. The Kier molecular flexibility index (Phi) is 15.7. The zero-order valence-electron chi connectivity index (χ0n) is 21.8. The molecular formula is C23H41N5O7. The fourth-order valence-corrected chi connectivity index (χ4v) is 2.53. The maximum atomic E-state index is 12.3. The van der Waals surface area contributed by atoms with Gasteiger partial charge in [0.1, 0.15) is 24.4 Å². The van der Waals surface area contributed by atoms with Crippen LogP contribution in [0.2, 0.25) is 0 Å². The van der Waals surface area contributed by atoms with Gasteiger partial charge < -0.3 is 29.0 Å². The summed E-state index contributed by atoms with van der Waals surface area (Å²) in [4.78, 5) is 28.8. The molecule has 0 aliphatic heterocycles. The molecule has 0 fully saturated rings. The fourth-order valence-electron chi connectivity index (χ4n) is 2.53. The van der Waals surface area contributed by atoms with Gasteiger partial charge in [-0.2, -0.15) is 0 Å². The highest BCUT2D eigenvalue weighted by Crippen LogP contribution is 2.02. The minimum absolute atomic E-state index is 0.0413. The number of carbonyl (C=O) groups is 2. The summed E-state index contributed by atoms with van der Waals surface area (Å²) in [6.07, 6.45) is 1.68. The molecule has 0 saturated heterocycles. The van der Waals surface area contributed by atoms with Crippen LogP contribution in [0.15, 0.2) is 11.2 Å². The van der Waals surface area contributed by atoms with Crippen molar-refractivity contribution >= 4 is 17.6 Å². The largest absolute Gasteiger partial charge is 0.458 e. The van der Waals surface area contributed by atoms with Gasteiger partial charge in [-0.3, -0.25) is 9.79 Å². The van der Waals surface area contributed by atoms with E-state index in [1.807, 2.05) is 20.8 Å². The van der Waals surface area contributed by atoms with E-state index in [4.69, 9.17) is 23.7 Å². The Labute approximate surface area is 207 Å². The maximum absolute atomic E-state index is 12.3. The number of hydrogen-bond donors (Lipinski definition) is 1. The second-order valence-electron chi connectivity index (χ2n) is 8.24. The summed E-state index contributed by atoms with van der Waals surface area (Å²) in [5, 5.41) is 10.6. The summed E-state index contributed by atoms with van der Waals surface area (Å²) < 4.78 is 27.9. The van der Waals surface area contributed by atoms with Crippen molar-refractivity contribution in [3.05, 3.63) is 11.9 Å². The van der Waals surface area contributed by atoms with Crippen molar-refractivity contribution in [1.29, 1.82) is 0 Å². The van der Waals surface area contributed by atoms with Gasteiger partial charge in [-0.25, -0.2) is 9.48 Å². The lowest BCUT2D eigenvalue weighted by Gasteiger charge is -2.15. The second kappa shape index (κ2) is 17.9. The van der Waals surface area contributed by atoms with E-state index in [9.17, 15) is 9.59 Å². The number of aliphatic imine (C=N–C) groups is 1. The molecule has 1 N–H and O–H groups in total. The second-order valence-corrected chi connectivity index (χ2v) is 8.24. The van der Waals surface area contributed by atoms with Crippen molar-refractivity contribution in [2.24, 2.45) is 10.9 Å². The number of nitrogens with zero attached hydrogens (tertiary/aromatic N) is 4. The molecule has 1 rings (SSSR count). The third-order valence-corrected chi connectivity index (χ3v) is 4.91. The van der Waals surface area contributed by atoms with Gasteiger partial charge in [-0.15, -0.1) is 5.10 Å². The Morgan fingerprint density at radius 1 is 1.00 bits per heavy atom. The van der Waals surface area contributed by atoms with Crippen LogP contribution in [-0.2, 0) is 46.4 Å². The number of nitrogens with one attached hydrogen (secondary N) is 1. The van der Waals surface area contributed by atoms with E-state index < -0.39 is 18.1 Å². The maximum Gasteiger partial charge on any atom is 0.328 e. The van der Waals surface area contributed by atoms with Crippen LogP contribution in [0.1, 0.15) is 40.3 Å². The molecule has 0 aliphatic carbocycles. The molecule has 0 saturated carbocycles. The van der Waals surface area contributed by atoms with Crippen molar-refractivity contribution in [3.63, 3.8) is 0 Å². The summed E-state index contributed by atoms with van der Waals surface area (Å²) in [5.74, 6) is -0.637. The minimum Gasteiger partial charge on any atom is -0.458 e. The third-order valence-electron chi connectivity index (χ3n) is 4.91. The molecule has 0 spiro atoms. The molecule has 0 bridgehead atoms. The lowest BCUT2D eigenvalue weighted by Crippen LogP contribution is -2.43. The number of esters is 1. The van der Waals surface area contributed by atoms with Crippen molar-refractivity contribution in [2.45, 2.75) is 59.9 Å². The van der Waals surface area contributed by atoms with E-state index in [1.165, 1.54) is 0 Å². The van der Waals surface area contributed by atoms with E-state index in [2.05, 4.69) is 20.6 Å². The van der Waals surface area contributed by atoms with Crippen LogP contribution in [0, 0.1) is 5.92 Å². The van der Waals surface area contributed by atoms with E-state index in [-0.39, 0.29) is 18.4 Å². The lowest BCUT2D eigenvalue weighted by atomic mass is 10.1. The predicted molar refractivity (Wildman–Crippen MR) is 129 cm³/mol. The van der Waals surface area contributed by atoms with E-state index >= 15 is 0 Å². The molecule has 0 unspecified atom stereocenters. The Bertz CT molecular complexity index is 769. The van der Waals surface area contributed by atoms with Gasteiger partial charge >= 0.3 is 5.97 Å². The van der Waals surface area contributed by atoms with Gasteiger partial charge in [0.25, 0.3) is 0 Å². The molecule has 1 aromatic heterocycles. The topological polar surface area (TPSA) is 135 Å². The average molecular weight is 500 g/mol. The first kappa shape index (κ1) is 30.6. The van der Waals surface area contributed by atoms with E-state index in [1.54, 1.807) is 31.8 Å². The van der Waals surface area contributed by atoms with Crippen LogP contribution in [0.25, 0.3) is 0 Å². The van der Waals surface area contributed by atoms with Gasteiger partial charge in [0.15, 0.2) is 0 Å². The van der Waals surface area contributed by atoms with Crippen LogP contribution < -0.4 is 5.32 Å². The summed E-state index contributed by atoms with van der Waals surface area (Å²) >= 11 is 0.